The molecule has 0 bridgehead atoms. The van der Waals surface area contributed by atoms with Crippen LogP contribution in [0.5, 0.6) is 0 Å². The number of hydrogen-bond acceptors (Lipinski definition) is 3. The minimum atomic E-state index is 0.380. The highest BCUT2D eigenvalue weighted by atomic mass is 15.0. The van der Waals surface area contributed by atoms with Crippen LogP contribution in [-0.4, -0.2) is 9.97 Å². The van der Waals surface area contributed by atoms with Gasteiger partial charge in [0.1, 0.15) is 0 Å². The van der Waals surface area contributed by atoms with Gasteiger partial charge in [-0.15, -0.1) is 0 Å². The van der Waals surface area contributed by atoms with Gasteiger partial charge in [-0.2, -0.15) is 0 Å². The molecule has 2 rings (SSSR count). The lowest BCUT2D eigenvalue weighted by molar-refractivity contribution is 0.526. The third kappa shape index (κ3) is 4.36. The fourth-order valence-corrected chi connectivity index (χ4v) is 2.30. The zero-order valence-corrected chi connectivity index (χ0v) is 11.6. The van der Waals surface area contributed by atoms with Crippen molar-refractivity contribution < 1.29 is 0 Å². The van der Waals surface area contributed by atoms with E-state index in [0.717, 1.165) is 30.7 Å². The second kappa shape index (κ2) is 6.32. The van der Waals surface area contributed by atoms with Crippen molar-refractivity contribution in [2.45, 2.75) is 33.1 Å². The Morgan fingerprint density at radius 1 is 1.16 bits per heavy atom. The molecule has 3 nitrogen and oxygen atoms in total. The molecular weight excluding hydrogens is 234 g/mol. The van der Waals surface area contributed by atoms with E-state index in [2.05, 4.69) is 47.2 Å². The third-order valence-corrected chi connectivity index (χ3v) is 3.24. The summed E-state index contributed by atoms with van der Waals surface area (Å²) in [6.45, 7) is 4.24. The largest absolute Gasteiger partial charge is 0.368 e. The fraction of sp³-hybridized carbons (Fsp3) is 0.375. The van der Waals surface area contributed by atoms with Crippen LogP contribution in [0.15, 0.2) is 36.4 Å². The lowest BCUT2D eigenvalue weighted by Gasteiger charge is -2.11. The van der Waals surface area contributed by atoms with Crippen molar-refractivity contribution in [3.8, 4) is 0 Å². The van der Waals surface area contributed by atoms with Crippen molar-refractivity contribution in [3.05, 3.63) is 53.3 Å². The van der Waals surface area contributed by atoms with Crippen LogP contribution < -0.4 is 5.73 Å². The summed E-state index contributed by atoms with van der Waals surface area (Å²) in [5.41, 5.74) is 9.05. The van der Waals surface area contributed by atoms with Gasteiger partial charge in [0.05, 0.1) is 0 Å². The van der Waals surface area contributed by atoms with E-state index in [1.807, 2.05) is 13.0 Å². The molecular formula is C16H21N3. The smallest absolute Gasteiger partial charge is 0.220 e. The van der Waals surface area contributed by atoms with Gasteiger partial charge in [0, 0.05) is 11.4 Å². The first-order chi connectivity index (χ1) is 9.13. The van der Waals surface area contributed by atoms with Gasteiger partial charge in [-0.1, -0.05) is 37.3 Å². The number of nitrogens with two attached hydrogens (primary N) is 1. The first kappa shape index (κ1) is 13.5. The molecule has 2 N–H and O–H groups in total. The van der Waals surface area contributed by atoms with Gasteiger partial charge in [-0.05, 0) is 43.7 Å². The Morgan fingerprint density at radius 3 is 2.58 bits per heavy atom. The molecule has 0 fully saturated rings. The summed E-state index contributed by atoms with van der Waals surface area (Å²) < 4.78 is 0. The number of hydrogen-bond donors (Lipinski definition) is 1. The molecule has 0 aliphatic carbocycles. The maximum absolute atomic E-state index is 5.67. The zero-order chi connectivity index (χ0) is 13.7. The summed E-state index contributed by atoms with van der Waals surface area (Å²) in [5.74, 6) is 1.02. The third-order valence-electron chi connectivity index (χ3n) is 3.24. The number of nitrogens with zero attached hydrogens (tertiary/aromatic N) is 2. The van der Waals surface area contributed by atoms with E-state index in [1.54, 1.807) is 0 Å². The molecule has 0 aliphatic rings. The van der Waals surface area contributed by atoms with E-state index in [-0.39, 0.29) is 0 Å². The quantitative estimate of drug-likeness (QED) is 0.892. The SMILES string of the molecule is Cc1cc(CCC(C)Cc2ccccc2)nc(N)n1. The minimum Gasteiger partial charge on any atom is -0.368 e. The van der Waals surface area contributed by atoms with Crippen molar-refractivity contribution in [2.24, 2.45) is 5.92 Å². The van der Waals surface area contributed by atoms with Crippen molar-refractivity contribution in [2.75, 3.05) is 5.73 Å². The number of rotatable bonds is 5. The molecule has 1 atom stereocenters. The second-order valence-electron chi connectivity index (χ2n) is 5.19. The molecule has 100 valence electrons. The Bertz CT molecular complexity index is 503. The van der Waals surface area contributed by atoms with Crippen LogP contribution >= 0.6 is 0 Å². The van der Waals surface area contributed by atoms with E-state index in [0.29, 0.717) is 11.9 Å². The number of aryl methyl sites for hydroxylation is 2. The van der Waals surface area contributed by atoms with Gasteiger partial charge in [-0.3, -0.25) is 0 Å². The Morgan fingerprint density at radius 2 is 1.89 bits per heavy atom. The van der Waals surface area contributed by atoms with E-state index in [9.17, 15) is 0 Å². The summed E-state index contributed by atoms with van der Waals surface area (Å²) in [6.07, 6.45) is 3.19. The maximum Gasteiger partial charge on any atom is 0.220 e. The summed E-state index contributed by atoms with van der Waals surface area (Å²) in [4.78, 5) is 8.38. The van der Waals surface area contributed by atoms with Gasteiger partial charge in [0.15, 0.2) is 0 Å². The molecule has 0 aliphatic heterocycles. The monoisotopic (exact) mass is 255 g/mol. The molecule has 19 heavy (non-hydrogen) atoms. The molecule has 1 aromatic heterocycles. The highest BCUT2D eigenvalue weighted by Crippen LogP contribution is 2.14. The first-order valence-electron chi connectivity index (χ1n) is 6.77. The highest BCUT2D eigenvalue weighted by molar-refractivity contribution is 5.22. The topological polar surface area (TPSA) is 51.8 Å². The standard InChI is InChI=1S/C16H21N3/c1-12(10-14-6-4-3-5-7-14)8-9-15-11-13(2)18-16(17)19-15/h3-7,11-12H,8-10H2,1-2H3,(H2,17,18,19). The molecule has 0 radical (unpaired) electrons. The molecule has 2 aromatic rings. The number of benzene rings is 1. The average molecular weight is 255 g/mol. The second-order valence-corrected chi connectivity index (χ2v) is 5.19. The van der Waals surface area contributed by atoms with Gasteiger partial charge in [0.2, 0.25) is 5.95 Å². The molecule has 3 heteroatoms. The number of anilines is 1. The van der Waals surface area contributed by atoms with Crippen molar-refractivity contribution in [3.63, 3.8) is 0 Å². The van der Waals surface area contributed by atoms with Crippen LogP contribution in [0.25, 0.3) is 0 Å². The van der Waals surface area contributed by atoms with Crippen LogP contribution in [0, 0.1) is 12.8 Å². The van der Waals surface area contributed by atoms with Gasteiger partial charge < -0.3 is 5.73 Å². The summed E-state index contributed by atoms with van der Waals surface area (Å²) in [7, 11) is 0. The van der Waals surface area contributed by atoms with E-state index >= 15 is 0 Å². The summed E-state index contributed by atoms with van der Waals surface area (Å²) >= 11 is 0. The molecule has 0 spiro atoms. The first-order valence-corrected chi connectivity index (χ1v) is 6.77. The van der Waals surface area contributed by atoms with E-state index in [1.165, 1.54) is 5.56 Å². The lowest BCUT2D eigenvalue weighted by Crippen LogP contribution is -2.05. The van der Waals surface area contributed by atoms with E-state index in [4.69, 9.17) is 5.73 Å². The maximum atomic E-state index is 5.67. The normalized spacial score (nSPS) is 12.3. The summed E-state index contributed by atoms with van der Waals surface area (Å²) in [6, 6.07) is 12.6. The van der Waals surface area contributed by atoms with Crippen molar-refractivity contribution in [1.82, 2.24) is 9.97 Å². The molecule has 0 amide bonds. The molecule has 1 aromatic carbocycles. The van der Waals surface area contributed by atoms with Gasteiger partial charge in [-0.25, -0.2) is 9.97 Å². The molecule has 0 saturated carbocycles. The Hall–Kier alpha value is -1.90. The van der Waals surface area contributed by atoms with Crippen LogP contribution in [0.1, 0.15) is 30.3 Å². The van der Waals surface area contributed by atoms with Crippen LogP contribution in [0.4, 0.5) is 5.95 Å². The van der Waals surface area contributed by atoms with Crippen LogP contribution in [-0.2, 0) is 12.8 Å². The van der Waals surface area contributed by atoms with E-state index < -0.39 is 0 Å². The average Bonchev–Trinajstić information content (AvgIpc) is 2.36. The van der Waals surface area contributed by atoms with Gasteiger partial charge in [0.25, 0.3) is 0 Å². The predicted octanol–water partition coefficient (Wildman–Crippen LogP) is 3.18. The zero-order valence-electron chi connectivity index (χ0n) is 11.6. The lowest BCUT2D eigenvalue weighted by atomic mass is 9.96. The minimum absolute atomic E-state index is 0.380. The fourth-order valence-electron chi connectivity index (χ4n) is 2.30. The molecule has 1 heterocycles. The van der Waals surface area contributed by atoms with Crippen molar-refractivity contribution >= 4 is 5.95 Å². The van der Waals surface area contributed by atoms with Gasteiger partial charge >= 0.3 is 0 Å². The number of nitrogen functional groups attached to an aromatic ring is 1. The predicted molar refractivity (Wildman–Crippen MR) is 78.8 cm³/mol. The van der Waals surface area contributed by atoms with Crippen LogP contribution in [0.2, 0.25) is 0 Å². The number of aromatic nitrogens is 2. The van der Waals surface area contributed by atoms with Crippen molar-refractivity contribution in [1.29, 1.82) is 0 Å². The molecule has 0 saturated heterocycles. The highest BCUT2D eigenvalue weighted by Gasteiger charge is 2.06. The Balaban J connectivity index is 1.88. The van der Waals surface area contributed by atoms with Crippen LogP contribution in [0.3, 0.4) is 0 Å². The Labute approximate surface area is 114 Å². The Kier molecular flexibility index (Phi) is 4.50. The molecule has 1 unspecified atom stereocenters. The summed E-state index contributed by atoms with van der Waals surface area (Å²) in [5, 5.41) is 0.